The van der Waals surface area contributed by atoms with Crippen LogP contribution >= 0.6 is 22.9 Å². The van der Waals surface area contributed by atoms with Crippen LogP contribution in [0.15, 0.2) is 35.4 Å². The van der Waals surface area contributed by atoms with E-state index in [1.807, 2.05) is 24.3 Å². The molecule has 0 radical (unpaired) electrons. The van der Waals surface area contributed by atoms with E-state index in [1.165, 1.54) is 21.3 Å². The number of hydrogen-bond acceptors (Lipinski definition) is 5. The van der Waals surface area contributed by atoms with Crippen LogP contribution in [0.25, 0.3) is 15.9 Å². The van der Waals surface area contributed by atoms with Gasteiger partial charge < -0.3 is 5.32 Å². The monoisotopic (exact) mass is 387 g/mol. The minimum atomic E-state index is -0.165. The molecule has 1 aliphatic heterocycles. The number of nitrogens with zero attached hydrogens (tertiary/aromatic N) is 4. The number of thiophene rings is 1. The summed E-state index contributed by atoms with van der Waals surface area (Å²) < 4.78 is 3.20. The highest BCUT2D eigenvalue weighted by Gasteiger charge is 2.23. The minimum absolute atomic E-state index is 0. The third-order valence-electron chi connectivity index (χ3n) is 4.59. The number of halogens is 1. The highest BCUT2D eigenvalue weighted by molar-refractivity contribution is 7.19. The Hall–Kier alpha value is -2.22. The van der Waals surface area contributed by atoms with Crippen LogP contribution in [0.3, 0.4) is 0 Å². The summed E-state index contributed by atoms with van der Waals surface area (Å²) in [7, 11) is 0. The van der Waals surface area contributed by atoms with Gasteiger partial charge in [-0.1, -0.05) is 31.2 Å². The molecule has 0 amide bonds. The summed E-state index contributed by atoms with van der Waals surface area (Å²) in [4.78, 5) is 19.6. The number of nitrogens with one attached hydrogen (secondary N) is 1. The molecule has 0 aliphatic carbocycles. The van der Waals surface area contributed by atoms with Crippen molar-refractivity contribution in [2.75, 3.05) is 6.54 Å². The first-order valence-electron chi connectivity index (χ1n) is 8.04. The fraction of sp³-hybridized carbons (Fsp3) is 0.278. The van der Waals surface area contributed by atoms with Gasteiger partial charge in [0.2, 0.25) is 0 Å². The standard InChI is InChI=1S/C17H14ClN5OS.CH4/c18-11-3-1-10(2-4-11)8-22-16-14(12-5-6-19-7-13(12)25-16)15-20-9-21-23(15)17(22)24;/h1-4,9,19H,5-8H2;1H4. The van der Waals surface area contributed by atoms with Crippen LogP contribution < -0.4 is 11.0 Å². The molecular formula is C18H18ClN5OS. The lowest BCUT2D eigenvalue weighted by atomic mass is 10.1. The van der Waals surface area contributed by atoms with E-state index in [9.17, 15) is 4.79 Å². The van der Waals surface area contributed by atoms with E-state index in [2.05, 4.69) is 15.4 Å². The average molecular weight is 388 g/mol. The number of benzene rings is 1. The maximum absolute atomic E-state index is 13.0. The molecule has 0 bridgehead atoms. The van der Waals surface area contributed by atoms with Crippen LogP contribution in [-0.4, -0.2) is 25.7 Å². The lowest BCUT2D eigenvalue weighted by molar-refractivity contribution is 0.657. The second-order valence-electron chi connectivity index (χ2n) is 6.10. The van der Waals surface area contributed by atoms with Crippen molar-refractivity contribution in [2.24, 2.45) is 0 Å². The Morgan fingerprint density at radius 1 is 1.27 bits per heavy atom. The van der Waals surface area contributed by atoms with Crippen molar-refractivity contribution in [3.8, 4) is 0 Å². The van der Waals surface area contributed by atoms with E-state index in [0.29, 0.717) is 17.2 Å². The van der Waals surface area contributed by atoms with Crippen molar-refractivity contribution in [3.05, 3.63) is 62.1 Å². The molecule has 1 aromatic carbocycles. The van der Waals surface area contributed by atoms with Crippen LogP contribution in [0.5, 0.6) is 0 Å². The molecule has 0 unspecified atom stereocenters. The summed E-state index contributed by atoms with van der Waals surface area (Å²) in [5.74, 6) is 0. The molecule has 6 nitrogen and oxygen atoms in total. The third-order valence-corrected chi connectivity index (χ3v) is 6.10. The van der Waals surface area contributed by atoms with E-state index in [4.69, 9.17) is 11.6 Å². The van der Waals surface area contributed by atoms with Gasteiger partial charge in [-0.15, -0.1) is 11.3 Å². The van der Waals surface area contributed by atoms with Crippen molar-refractivity contribution in [1.29, 1.82) is 0 Å². The molecular weight excluding hydrogens is 370 g/mol. The third kappa shape index (κ3) is 2.55. The van der Waals surface area contributed by atoms with Gasteiger partial charge in [-0.2, -0.15) is 9.61 Å². The fourth-order valence-corrected chi connectivity index (χ4v) is 4.84. The summed E-state index contributed by atoms with van der Waals surface area (Å²) >= 11 is 7.65. The Morgan fingerprint density at radius 2 is 2.08 bits per heavy atom. The molecule has 0 saturated heterocycles. The van der Waals surface area contributed by atoms with Gasteiger partial charge in [-0.3, -0.25) is 4.57 Å². The zero-order valence-electron chi connectivity index (χ0n) is 13.2. The average Bonchev–Trinajstić information content (AvgIpc) is 3.24. The highest BCUT2D eigenvalue weighted by Crippen LogP contribution is 2.34. The van der Waals surface area contributed by atoms with Gasteiger partial charge in [0.1, 0.15) is 11.2 Å². The number of aromatic nitrogens is 4. The predicted molar refractivity (Wildman–Crippen MR) is 105 cm³/mol. The zero-order valence-corrected chi connectivity index (χ0v) is 14.8. The second kappa shape index (κ2) is 6.50. The number of hydrogen-bond donors (Lipinski definition) is 1. The van der Waals surface area contributed by atoms with Crippen LogP contribution in [0.4, 0.5) is 0 Å². The lowest BCUT2D eigenvalue weighted by Gasteiger charge is -2.12. The van der Waals surface area contributed by atoms with E-state index >= 15 is 0 Å². The largest absolute Gasteiger partial charge is 0.352 e. The van der Waals surface area contributed by atoms with Gasteiger partial charge in [0.25, 0.3) is 0 Å². The minimum Gasteiger partial charge on any atom is -0.312 e. The lowest BCUT2D eigenvalue weighted by Crippen LogP contribution is -2.28. The zero-order chi connectivity index (χ0) is 17.0. The van der Waals surface area contributed by atoms with Crippen LogP contribution in [0, 0.1) is 0 Å². The summed E-state index contributed by atoms with van der Waals surface area (Å²) in [6.45, 7) is 2.26. The van der Waals surface area contributed by atoms with Gasteiger partial charge in [-0.25, -0.2) is 9.78 Å². The molecule has 4 aromatic rings. The Kier molecular flexibility index (Phi) is 4.30. The van der Waals surface area contributed by atoms with Crippen molar-refractivity contribution in [3.63, 3.8) is 0 Å². The molecule has 1 N–H and O–H groups in total. The molecule has 0 fully saturated rings. The maximum atomic E-state index is 13.0. The summed E-state index contributed by atoms with van der Waals surface area (Å²) in [6, 6.07) is 7.58. The first-order valence-corrected chi connectivity index (χ1v) is 9.24. The first kappa shape index (κ1) is 17.2. The first-order chi connectivity index (χ1) is 12.2. The Labute approximate surface area is 159 Å². The van der Waals surface area contributed by atoms with Gasteiger partial charge in [0.05, 0.1) is 11.9 Å². The number of rotatable bonds is 2. The van der Waals surface area contributed by atoms with Crippen molar-refractivity contribution in [1.82, 2.24) is 24.5 Å². The Balaban J connectivity index is 0.00000168. The summed E-state index contributed by atoms with van der Waals surface area (Å²) in [5, 5.41) is 9.30. The number of fused-ring (bicyclic) bond motifs is 5. The molecule has 0 saturated carbocycles. The highest BCUT2D eigenvalue weighted by atomic mass is 35.5. The van der Waals surface area contributed by atoms with Crippen molar-refractivity contribution in [2.45, 2.75) is 26.9 Å². The van der Waals surface area contributed by atoms with Crippen molar-refractivity contribution < 1.29 is 0 Å². The Morgan fingerprint density at radius 3 is 2.88 bits per heavy atom. The quantitative estimate of drug-likeness (QED) is 0.574. The Bertz CT molecular complexity index is 1160. The SMILES string of the molecule is C.O=c1n(Cc2ccc(Cl)cc2)c2sc3c(c2c2ncnn12)CCNC3. The van der Waals surface area contributed by atoms with E-state index in [-0.39, 0.29) is 13.1 Å². The smallest absolute Gasteiger partial charge is 0.312 e. The van der Waals surface area contributed by atoms with Crippen LogP contribution in [0.1, 0.15) is 23.4 Å². The molecule has 26 heavy (non-hydrogen) atoms. The molecule has 3 aromatic heterocycles. The molecule has 0 atom stereocenters. The van der Waals surface area contributed by atoms with Crippen molar-refractivity contribution >= 4 is 38.8 Å². The van der Waals surface area contributed by atoms with Gasteiger partial charge in [0.15, 0.2) is 5.65 Å². The predicted octanol–water partition coefficient (Wildman–Crippen LogP) is 3.09. The molecule has 1 aliphatic rings. The van der Waals surface area contributed by atoms with E-state index < -0.39 is 0 Å². The second-order valence-corrected chi connectivity index (χ2v) is 7.62. The molecule has 134 valence electrons. The van der Waals surface area contributed by atoms with Crippen LogP contribution in [-0.2, 0) is 19.5 Å². The molecule has 8 heteroatoms. The van der Waals surface area contributed by atoms with Gasteiger partial charge >= 0.3 is 5.69 Å². The van der Waals surface area contributed by atoms with Gasteiger partial charge in [-0.05, 0) is 36.2 Å². The molecule has 0 spiro atoms. The topological polar surface area (TPSA) is 64.2 Å². The van der Waals surface area contributed by atoms with Gasteiger partial charge in [0, 0.05) is 16.4 Å². The summed E-state index contributed by atoms with van der Waals surface area (Å²) in [6.07, 6.45) is 2.39. The molecule has 5 rings (SSSR count). The summed E-state index contributed by atoms with van der Waals surface area (Å²) in [5.41, 5.74) is 2.81. The normalized spacial score (nSPS) is 13.7. The van der Waals surface area contributed by atoms with E-state index in [1.54, 1.807) is 15.9 Å². The maximum Gasteiger partial charge on any atom is 0.352 e. The molecule has 4 heterocycles. The van der Waals surface area contributed by atoms with E-state index in [0.717, 1.165) is 35.3 Å². The fourth-order valence-electron chi connectivity index (χ4n) is 3.41. The van der Waals surface area contributed by atoms with Crippen LogP contribution in [0.2, 0.25) is 5.02 Å².